The van der Waals surface area contributed by atoms with E-state index in [1.165, 1.54) is 13.8 Å². The molecule has 1 rings (SSSR count). The van der Waals surface area contributed by atoms with Crippen molar-refractivity contribution in [1.82, 2.24) is 0 Å². The number of Topliss-reactive ketones (excluding diaryl/α,β-unsaturated/α-hetero) is 1. The third-order valence-corrected chi connectivity index (χ3v) is 2.28. The number of ketones is 1. The van der Waals surface area contributed by atoms with Crippen LogP contribution in [0.4, 0.5) is 8.78 Å². The first-order valence-electron chi connectivity index (χ1n) is 3.33. The molecule has 0 aromatic carbocycles. The second kappa shape index (κ2) is 2.01. The molecular weight excluding hydrogens is 138 g/mol. The Bertz CT molecular complexity index is 165. The molecule has 1 nitrogen and oxygen atoms in total. The minimum atomic E-state index is -2.59. The van der Waals surface area contributed by atoms with E-state index in [-0.39, 0.29) is 12.2 Å². The molecule has 0 aliphatic heterocycles. The Balaban J connectivity index is 2.55. The van der Waals surface area contributed by atoms with Crippen LogP contribution in [0.2, 0.25) is 0 Å². The molecule has 10 heavy (non-hydrogen) atoms. The molecule has 0 aromatic rings. The lowest BCUT2D eigenvalue weighted by Gasteiger charge is -2.40. The highest BCUT2D eigenvalue weighted by Gasteiger charge is 2.54. The second-order valence-corrected chi connectivity index (χ2v) is 2.97. The molecule has 0 heterocycles. The smallest absolute Gasteiger partial charge is 0.252 e. The SMILES string of the molecule is CC(=O)C1CC(F)(F)C1C. The molecule has 1 aliphatic carbocycles. The number of carbonyl (C=O) groups is 1. The van der Waals surface area contributed by atoms with Gasteiger partial charge in [-0.1, -0.05) is 6.92 Å². The molecule has 2 atom stereocenters. The third kappa shape index (κ3) is 0.935. The van der Waals surface area contributed by atoms with E-state index in [4.69, 9.17) is 0 Å². The van der Waals surface area contributed by atoms with Crippen molar-refractivity contribution in [3.63, 3.8) is 0 Å². The van der Waals surface area contributed by atoms with Gasteiger partial charge in [0.25, 0.3) is 5.92 Å². The summed E-state index contributed by atoms with van der Waals surface area (Å²) in [6.45, 7) is 2.80. The van der Waals surface area contributed by atoms with Crippen LogP contribution < -0.4 is 0 Å². The number of rotatable bonds is 1. The maximum atomic E-state index is 12.4. The summed E-state index contributed by atoms with van der Waals surface area (Å²) in [5.41, 5.74) is 0. The molecule has 0 N–H and O–H groups in total. The van der Waals surface area contributed by atoms with Gasteiger partial charge in [-0.15, -0.1) is 0 Å². The Labute approximate surface area is 58.4 Å². The molecule has 0 spiro atoms. The molecule has 2 unspecified atom stereocenters. The number of carbonyl (C=O) groups excluding carboxylic acids is 1. The molecule has 0 aromatic heterocycles. The number of hydrogen-bond acceptors (Lipinski definition) is 1. The van der Waals surface area contributed by atoms with E-state index in [1.807, 2.05) is 0 Å². The summed E-state index contributed by atoms with van der Waals surface area (Å²) in [5, 5.41) is 0. The largest absolute Gasteiger partial charge is 0.300 e. The molecule has 3 heteroatoms. The van der Waals surface area contributed by atoms with Crippen molar-refractivity contribution in [2.45, 2.75) is 26.2 Å². The fourth-order valence-corrected chi connectivity index (χ4v) is 1.29. The first-order chi connectivity index (χ1) is 4.45. The summed E-state index contributed by atoms with van der Waals surface area (Å²) >= 11 is 0. The van der Waals surface area contributed by atoms with Crippen LogP contribution >= 0.6 is 0 Å². The van der Waals surface area contributed by atoms with Crippen molar-refractivity contribution in [3.8, 4) is 0 Å². The third-order valence-electron chi connectivity index (χ3n) is 2.28. The van der Waals surface area contributed by atoms with Crippen molar-refractivity contribution < 1.29 is 13.6 Å². The predicted octanol–water partition coefficient (Wildman–Crippen LogP) is 1.87. The summed E-state index contributed by atoms with van der Waals surface area (Å²) in [4.78, 5) is 10.6. The summed E-state index contributed by atoms with van der Waals surface area (Å²) < 4.78 is 24.8. The Morgan fingerprint density at radius 2 is 2.10 bits per heavy atom. The van der Waals surface area contributed by atoms with Crippen LogP contribution in [0.15, 0.2) is 0 Å². The average molecular weight is 148 g/mol. The first kappa shape index (κ1) is 7.63. The van der Waals surface area contributed by atoms with Crippen LogP contribution in [0.1, 0.15) is 20.3 Å². The van der Waals surface area contributed by atoms with Gasteiger partial charge in [-0.2, -0.15) is 0 Å². The van der Waals surface area contributed by atoms with Gasteiger partial charge < -0.3 is 0 Å². The maximum absolute atomic E-state index is 12.4. The molecule has 1 fully saturated rings. The molecule has 0 bridgehead atoms. The van der Waals surface area contributed by atoms with E-state index in [0.717, 1.165) is 0 Å². The standard InChI is InChI=1S/C7H10F2O/c1-4-6(5(2)10)3-7(4,8)9/h4,6H,3H2,1-2H3. The lowest BCUT2D eigenvalue weighted by atomic mass is 9.69. The quantitative estimate of drug-likeness (QED) is 0.554. The molecule has 0 amide bonds. The normalized spacial score (nSPS) is 36.8. The van der Waals surface area contributed by atoms with Crippen LogP contribution in [-0.4, -0.2) is 11.7 Å². The molecule has 1 saturated carbocycles. The molecule has 58 valence electrons. The van der Waals surface area contributed by atoms with Crippen LogP contribution in [-0.2, 0) is 4.79 Å². The van der Waals surface area contributed by atoms with E-state index in [9.17, 15) is 13.6 Å². The van der Waals surface area contributed by atoms with Gasteiger partial charge in [-0.05, 0) is 6.92 Å². The zero-order valence-corrected chi connectivity index (χ0v) is 6.03. The summed E-state index contributed by atoms with van der Waals surface area (Å²) in [5.74, 6) is -3.84. The van der Waals surface area contributed by atoms with Gasteiger partial charge in [0.05, 0.1) is 0 Å². The predicted molar refractivity (Wildman–Crippen MR) is 32.9 cm³/mol. The highest BCUT2D eigenvalue weighted by Crippen LogP contribution is 2.48. The number of hydrogen-bond donors (Lipinski definition) is 0. The highest BCUT2D eigenvalue weighted by molar-refractivity contribution is 5.79. The van der Waals surface area contributed by atoms with Gasteiger partial charge in [0.1, 0.15) is 5.78 Å². The van der Waals surface area contributed by atoms with Crippen molar-refractivity contribution in [3.05, 3.63) is 0 Å². The van der Waals surface area contributed by atoms with Gasteiger partial charge in [-0.25, -0.2) is 8.78 Å². The van der Waals surface area contributed by atoms with Crippen LogP contribution in [0.25, 0.3) is 0 Å². The monoisotopic (exact) mass is 148 g/mol. The van der Waals surface area contributed by atoms with Gasteiger partial charge in [-0.3, -0.25) is 4.79 Å². The van der Waals surface area contributed by atoms with Gasteiger partial charge in [0, 0.05) is 18.3 Å². The second-order valence-electron chi connectivity index (χ2n) is 2.97. The van der Waals surface area contributed by atoms with Crippen LogP contribution in [0.5, 0.6) is 0 Å². The summed E-state index contributed by atoms with van der Waals surface area (Å²) in [7, 11) is 0. The fraction of sp³-hybridized carbons (Fsp3) is 0.857. The van der Waals surface area contributed by atoms with E-state index < -0.39 is 17.8 Å². The van der Waals surface area contributed by atoms with Crippen molar-refractivity contribution >= 4 is 5.78 Å². The first-order valence-corrected chi connectivity index (χ1v) is 3.33. The highest BCUT2D eigenvalue weighted by atomic mass is 19.3. The lowest BCUT2D eigenvalue weighted by molar-refractivity contribution is -0.175. The number of halogens is 2. The Morgan fingerprint density at radius 1 is 1.60 bits per heavy atom. The van der Waals surface area contributed by atoms with Gasteiger partial charge in [0.15, 0.2) is 0 Å². The zero-order valence-electron chi connectivity index (χ0n) is 6.03. The minimum absolute atomic E-state index is 0.113. The van der Waals surface area contributed by atoms with Crippen molar-refractivity contribution in [1.29, 1.82) is 0 Å². The van der Waals surface area contributed by atoms with Gasteiger partial charge in [0.2, 0.25) is 0 Å². The van der Waals surface area contributed by atoms with Crippen LogP contribution in [0, 0.1) is 11.8 Å². The van der Waals surface area contributed by atoms with Crippen molar-refractivity contribution in [2.24, 2.45) is 11.8 Å². The number of alkyl halides is 2. The molecule has 1 aliphatic rings. The van der Waals surface area contributed by atoms with E-state index in [2.05, 4.69) is 0 Å². The average Bonchev–Trinajstić information content (AvgIpc) is 1.82. The minimum Gasteiger partial charge on any atom is -0.300 e. The molecule has 0 radical (unpaired) electrons. The Hall–Kier alpha value is -0.470. The van der Waals surface area contributed by atoms with E-state index in [0.29, 0.717) is 0 Å². The summed E-state index contributed by atoms with van der Waals surface area (Å²) in [6, 6.07) is 0. The topological polar surface area (TPSA) is 17.1 Å². The maximum Gasteiger partial charge on any atom is 0.252 e. The Morgan fingerprint density at radius 3 is 2.20 bits per heavy atom. The van der Waals surface area contributed by atoms with Crippen LogP contribution in [0.3, 0.4) is 0 Å². The lowest BCUT2D eigenvalue weighted by Crippen LogP contribution is -2.48. The molecular formula is C7H10F2O. The van der Waals surface area contributed by atoms with Gasteiger partial charge >= 0.3 is 0 Å². The van der Waals surface area contributed by atoms with E-state index >= 15 is 0 Å². The zero-order chi connectivity index (χ0) is 7.94. The van der Waals surface area contributed by atoms with Crippen molar-refractivity contribution in [2.75, 3.05) is 0 Å². The molecule has 0 saturated heterocycles. The summed E-state index contributed by atoms with van der Waals surface area (Å²) in [6.07, 6.45) is -0.247. The fourth-order valence-electron chi connectivity index (χ4n) is 1.29. The Kier molecular flexibility index (Phi) is 1.53. The van der Waals surface area contributed by atoms with E-state index in [1.54, 1.807) is 0 Å².